The molecule has 0 heterocycles. The van der Waals surface area contributed by atoms with E-state index >= 15 is 0 Å². The Morgan fingerprint density at radius 2 is 1.75 bits per heavy atom. The number of halogens is 1. The summed E-state index contributed by atoms with van der Waals surface area (Å²) < 4.78 is 26.3. The summed E-state index contributed by atoms with van der Waals surface area (Å²) in [7, 11) is 2.04. The van der Waals surface area contributed by atoms with Crippen molar-refractivity contribution in [2.45, 2.75) is 97.4 Å². The highest BCUT2D eigenvalue weighted by Crippen LogP contribution is 2.35. The molecule has 0 amide bonds. The third kappa shape index (κ3) is 4.82. The Kier molecular flexibility index (Phi) is 7.25. The minimum Gasteiger partial charge on any atom is -0.490 e. The molecule has 0 aliphatic heterocycles. The van der Waals surface area contributed by atoms with Crippen molar-refractivity contribution >= 4 is 5.69 Å². The zero-order chi connectivity index (χ0) is 20.1. The molecule has 3 nitrogen and oxygen atoms in total. The van der Waals surface area contributed by atoms with Crippen molar-refractivity contribution in [1.82, 2.24) is 0 Å². The number of rotatable bonds is 8. The van der Waals surface area contributed by atoms with Crippen molar-refractivity contribution < 1.29 is 13.9 Å². The highest BCUT2D eigenvalue weighted by Gasteiger charge is 2.24. The van der Waals surface area contributed by atoms with Gasteiger partial charge in [-0.3, -0.25) is 0 Å². The molecule has 0 unspecified atom stereocenters. The number of anilines is 1. The number of alkyl halides is 1. The van der Waals surface area contributed by atoms with Crippen molar-refractivity contribution in [1.29, 1.82) is 0 Å². The number of hydrogen-bond donors (Lipinski definition) is 0. The number of allylic oxidation sites excluding steroid dienone is 1. The summed E-state index contributed by atoms with van der Waals surface area (Å²) in [6.07, 6.45) is 10.9. The van der Waals surface area contributed by atoms with E-state index in [-0.39, 0.29) is 12.2 Å². The van der Waals surface area contributed by atoms with Crippen LogP contribution in [0, 0.1) is 6.92 Å². The normalized spacial score (nSPS) is 19.0. The molecule has 0 aromatic heterocycles. The lowest BCUT2D eigenvalue weighted by Crippen LogP contribution is -2.27. The molecule has 0 saturated heterocycles. The topological polar surface area (TPSA) is 21.7 Å². The van der Waals surface area contributed by atoms with Crippen LogP contribution in [0.4, 0.5) is 10.1 Å². The van der Waals surface area contributed by atoms with Gasteiger partial charge in [-0.15, -0.1) is 0 Å². The maximum absolute atomic E-state index is 13.7. The van der Waals surface area contributed by atoms with Gasteiger partial charge in [0.1, 0.15) is 18.5 Å². The molecule has 0 N–H and O–H groups in total. The molecule has 1 aromatic carbocycles. The Hall–Kier alpha value is -1.71. The molecule has 3 rings (SSSR count). The predicted octanol–water partition coefficient (Wildman–Crippen LogP) is 6.82. The second-order valence-electron chi connectivity index (χ2n) is 8.41. The number of benzene rings is 1. The predicted molar refractivity (Wildman–Crippen MR) is 114 cm³/mol. The Morgan fingerprint density at radius 1 is 1.07 bits per heavy atom. The van der Waals surface area contributed by atoms with E-state index in [1.54, 1.807) is 0 Å². The third-order valence-corrected chi connectivity index (χ3v) is 6.35. The SMILES string of the molecule is CC/C(C)=C(\OC1CCCCC1)N(C)c1cc(OC2CCC2)cc(CF)c1C. The molecular weight excluding hydrogens is 353 g/mol. The second-order valence-corrected chi connectivity index (χ2v) is 8.41. The summed E-state index contributed by atoms with van der Waals surface area (Å²) in [4.78, 5) is 2.11. The van der Waals surface area contributed by atoms with Gasteiger partial charge < -0.3 is 14.4 Å². The van der Waals surface area contributed by atoms with Crippen molar-refractivity contribution in [3.05, 3.63) is 34.7 Å². The molecule has 1 aromatic rings. The maximum atomic E-state index is 13.7. The fourth-order valence-corrected chi connectivity index (χ4v) is 4.03. The van der Waals surface area contributed by atoms with E-state index in [2.05, 4.69) is 24.8 Å². The summed E-state index contributed by atoms with van der Waals surface area (Å²) in [5.74, 6) is 1.69. The van der Waals surface area contributed by atoms with Crippen LogP contribution in [0.5, 0.6) is 5.75 Å². The van der Waals surface area contributed by atoms with Crippen LogP contribution in [0.3, 0.4) is 0 Å². The minimum atomic E-state index is -0.482. The number of nitrogens with zero attached hydrogens (tertiary/aromatic N) is 1. The smallest absolute Gasteiger partial charge is 0.192 e. The first-order chi connectivity index (χ1) is 13.5. The Bertz CT molecular complexity index is 690. The Balaban J connectivity index is 1.89. The standard InChI is InChI=1S/C24H36FNO2/c1-5-17(2)24(28-21-10-7-6-8-11-21)26(4)23-15-22(27-20-12-9-13-20)14-19(16-25)18(23)3/h14-15,20-21H,5-13,16H2,1-4H3/b24-17-. The average molecular weight is 390 g/mol. The molecule has 0 spiro atoms. The van der Waals surface area contributed by atoms with Gasteiger partial charge in [-0.1, -0.05) is 13.3 Å². The maximum Gasteiger partial charge on any atom is 0.192 e. The fourth-order valence-electron chi connectivity index (χ4n) is 4.03. The van der Waals surface area contributed by atoms with Gasteiger partial charge >= 0.3 is 0 Å². The van der Waals surface area contributed by atoms with Gasteiger partial charge in [0.15, 0.2) is 5.88 Å². The molecule has 2 aliphatic rings. The molecular formula is C24H36FNO2. The summed E-state index contributed by atoms with van der Waals surface area (Å²) in [5.41, 5.74) is 3.85. The van der Waals surface area contributed by atoms with Crippen LogP contribution >= 0.6 is 0 Å². The number of ether oxygens (including phenoxy) is 2. The quantitative estimate of drug-likeness (QED) is 0.455. The van der Waals surface area contributed by atoms with E-state index in [4.69, 9.17) is 9.47 Å². The molecule has 0 atom stereocenters. The summed E-state index contributed by atoms with van der Waals surface area (Å²) in [6.45, 7) is 5.80. The van der Waals surface area contributed by atoms with Crippen molar-refractivity contribution in [3.8, 4) is 5.75 Å². The van der Waals surface area contributed by atoms with Crippen LogP contribution in [0.25, 0.3) is 0 Å². The zero-order valence-corrected chi connectivity index (χ0v) is 18.0. The highest BCUT2D eigenvalue weighted by atomic mass is 19.1. The molecule has 156 valence electrons. The lowest BCUT2D eigenvalue weighted by Gasteiger charge is -2.33. The van der Waals surface area contributed by atoms with E-state index in [1.165, 1.54) is 31.3 Å². The van der Waals surface area contributed by atoms with Crippen molar-refractivity contribution in [2.24, 2.45) is 0 Å². The molecule has 2 aliphatic carbocycles. The Morgan fingerprint density at radius 3 is 2.32 bits per heavy atom. The zero-order valence-electron chi connectivity index (χ0n) is 18.0. The van der Waals surface area contributed by atoms with E-state index in [1.807, 2.05) is 20.0 Å². The summed E-state index contributed by atoms with van der Waals surface area (Å²) in [6, 6.07) is 3.92. The summed E-state index contributed by atoms with van der Waals surface area (Å²) in [5, 5.41) is 0. The molecule has 2 fully saturated rings. The van der Waals surface area contributed by atoms with Crippen LogP contribution in [0.15, 0.2) is 23.6 Å². The van der Waals surface area contributed by atoms with Gasteiger partial charge in [0.05, 0.1) is 11.8 Å². The van der Waals surface area contributed by atoms with Gasteiger partial charge in [0, 0.05) is 13.1 Å². The van der Waals surface area contributed by atoms with Gasteiger partial charge in [-0.05, 0) is 88.0 Å². The van der Waals surface area contributed by atoms with Crippen molar-refractivity contribution in [3.63, 3.8) is 0 Å². The molecule has 4 heteroatoms. The molecule has 0 bridgehead atoms. The lowest BCUT2D eigenvalue weighted by atomic mass is 9.96. The van der Waals surface area contributed by atoms with Crippen LogP contribution in [-0.2, 0) is 11.4 Å². The van der Waals surface area contributed by atoms with Crippen LogP contribution in [0.2, 0.25) is 0 Å². The van der Waals surface area contributed by atoms with Gasteiger partial charge in [0.2, 0.25) is 0 Å². The monoisotopic (exact) mass is 389 g/mol. The van der Waals surface area contributed by atoms with Gasteiger partial charge in [0.25, 0.3) is 0 Å². The first-order valence-corrected chi connectivity index (χ1v) is 11.0. The first-order valence-electron chi connectivity index (χ1n) is 11.0. The Labute approximate surface area is 169 Å². The van der Waals surface area contributed by atoms with Gasteiger partial charge in [-0.25, -0.2) is 4.39 Å². The third-order valence-electron chi connectivity index (χ3n) is 6.35. The van der Waals surface area contributed by atoms with Crippen LogP contribution < -0.4 is 9.64 Å². The van der Waals surface area contributed by atoms with Gasteiger partial charge in [-0.2, -0.15) is 0 Å². The van der Waals surface area contributed by atoms with E-state index in [9.17, 15) is 4.39 Å². The van der Waals surface area contributed by atoms with E-state index in [0.717, 1.165) is 55.0 Å². The molecule has 0 radical (unpaired) electrons. The highest BCUT2D eigenvalue weighted by molar-refractivity contribution is 5.62. The van der Waals surface area contributed by atoms with Crippen molar-refractivity contribution in [2.75, 3.05) is 11.9 Å². The minimum absolute atomic E-state index is 0.277. The largest absolute Gasteiger partial charge is 0.490 e. The van der Waals surface area contributed by atoms with E-state index in [0.29, 0.717) is 5.56 Å². The first kappa shape index (κ1) is 21.0. The molecule has 2 saturated carbocycles. The summed E-state index contributed by atoms with van der Waals surface area (Å²) >= 11 is 0. The average Bonchev–Trinajstić information content (AvgIpc) is 2.69. The number of hydrogen-bond acceptors (Lipinski definition) is 3. The second kappa shape index (κ2) is 9.67. The fraction of sp³-hybridized carbons (Fsp3) is 0.667. The lowest BCUT2D eigenvalue weighted by molar-refractivity contribution is 0.0768. The van der Waals surface area contributed by atoms with Crippen LogP contribution in [-0.4, -0.2) is 19.3 Å². The van der Waals surface area contributed by atoms with E-state index < -0.39 is 6.67 Å². The molecule has 28 heavy (non-hydrogen) atoms. The van der Waals surface area contributed by atoms with Crippen LogP contribution in [0.1, 0.15) is 82.8 Å².